The summed E-state index contributed by atoms with van der Waals surface area (Å²) in [5.41, 5.74) is 21.8. The van der Waals surface area contributed by atoms with Crippen molar-refractivity contribution in [2.75, 3.05) is 0 Å². The maximum atomic E-state index is 6.87. The SMILES string of the molecule is c1ccc(-c2ccccc2-c2ccc3oc4c(-n5c6ccc(-c7ccc8oc9c(-n%10c%11ccc(-c%12ccccc%12-c%12ccccn%12)cc%11c%11ncccc%11%10)cccc9c8c7)cc6c6ncccc65)cccc4c3c2)nc1. The summed E-state index contributed by atoms with van der Waals surface area (Å²) in [7, 11) is 0. The van der Waals surface area contributed by atoms with Gasteiger partial charge in [-0.2, -0.15) is 0 Å². The third-order valence-electron chi connectivity index (χ3n) is 15.2. The Kier molecular flexibility index (Phi) is 9.17. The number of rotatable bonds is 7. The molecule has 0 radical (unpaired) electrons. The molecular weight excluding hydrogens is 933 g/mol. The molecule has 0 spiro atoms. The van der Waals surface area contributed by atoms with Crippen LogP contribution in [0.5, 0.6) is 0 Å². The second kappa shape index (κ2) is 16.5. The Labute approximate surface area is 434 Å². The van der Waals surface area contributed by atoms with Crippen LogP contribution in [0, 0.1) is 0 Å². The number of para-hydroxylation sites is 2. The lowest BCUT2D eigenvalue weighted by Crippen LogP contribution is -1.94. The molecule has 8 heterocycles. The van der Waals surface area contributed by atoms with Crippen LogP contribution in [0.3, 0.4) is 0 Å². The quantitative estimate of drug-likeness (QED) is 0.158. The van der Waals surface area contributed by atoms with Crippen molar-refractivity contribution in [1.82, 2.24) is 29.1 Å². The van der Waals surface area contributed by atoms with Crippen LogP contribution in [0.2, 0.25) is 0 Å². The van der Waals surface area contributed by atoms with E-state index in [1.54, 1.807) is 0 Å². The summed E-state index contributed by atoms with van der Waals surface area (Å²) >= 11 is 0. The zero-order valence-corrected chi connectivity index (χ0v) is 40.6. The first kappa shape index (κ1) is 42.1. The van der Waals surface area contributed by atoms with Crippen molar-refractivity contribution in [3.63, 3.8) is 0 Å². The third-order valence-corrected chi connectivity index (χ3v) is 15.2. The van der Waals surface area contributed by atoms with Gasteiger partial charge in [-0.3, -0.25) is 19.9 Å². The molecule has 76 heavy (non-hydrogen) atoms. The zero-order chi connectivity index (χ0) is 49.8. The minimum absolute atomic E-state index is 0.815. The molecule has 0 saturated heterocycles. The number of furan rings is 2. The molecule has 0 saturated carbocycles. The van der Waals surface area contributed by atoms with E-state index in [0.29, 0.717) is 0 Å². The van der Waals surface area contributed by atoms with Crippen LogP contribution in [-0.4, -0.2) is 29.1 Å². The van der Waals surface area contributed by atoms with Crippen molar-refractivity contribution in [3.8, 4) is 67.3 Å². The summed E-state index contributed by atoms with van der Waals surface area (Å²) in [5.74, 6) is 0. The standard InChI is InChI=1S/C68H40N6O2/c1-3-15-47(55-19-5-7-33-69-55)45(13-1)43-26-30-58-54(40-43)66-60(24-12-36-72-66)74(58)61-21-9-17-49-51-37-42(27-31-63(51)75-67(49)61)41-25-29-57-53(38-41)65-59(23-11-35-71-65)73(57)62-22-10-18-50-52-39-44(28-32-64(52)76-68(50)62)46-14-2-4-16-48(46)56-20-6-8-34-70-56/h1-40H. The molecule has 0 N–H and O–H groups in total. The number of nitrogens with zero attached hydrogens (tertiary/aromatic N) is 6. The first-order chi connectivity index (χ1) is 37.7. The van der Waals surface area contributed by atoms with E-state index in [9.17, 15) is 0 Å². The monoisotopic (exact) mass is 972 g/mol. The van der Waals surface area contributed by atoms with Crippen LogP contribution in [0.4, 0.5) is 0 Å². The summed E-state index contributed by atoms with van der Waals surface area (Å²) < 4.78 is 18.3. The summed E-state index contributed by atoms with van der Waals surface area (Å²) in [6.07, 6.45) is 7.43. The van der Waals surface area contributed by atoms with E-state index in [1.807, 2.05) is 61.2 Å². The van der Waals surface area contributed by atoms with Crippen molar-refractivity contribution in [1.29, 1.82) is 0 Å². The lowest BCUT2D eigenvalue weighted by atomic mass is 9.96. The molecule has 8 nitrogen and oxygen atoms in total. The van der Waals surface area contributed by atoms with Gasteiger partial charge in [0.25, 0.3) is 0 Å². The van der Waals surface area contributed by atoms with E-state index in [-0.39, 0.29) is 0 Å². The number of pyridine rings is 4. The third kappa shape index (κ3) is 6.37. The Balaban J connectivity index is 0.798. The Morgan fingerprint density at radius 3 is 1.21 bits per heavy atom. The van der Waals surface area contributed by atoms with Gasteiger partial charge in [-0.05, 0) is 143 Å². The Morgan fingerprint density at radius 2 is 0.697 bits per heavy atom. The Hall–Kier alpha value is -10.4. The zero-order valence-electron chi connectivity index (χ0n) is 40.6. The first-order valence-electron chi connectivity index (χ1n) is 25.4. The molecule has 8 aromatic carbocycles. The van der Waals surface area contributed by atoms with Crippen molar-refractivity contribution >= 4 is 87.7 Å². The molecule has 0 amide bonds. The van der Waals surface area contributed by atoms with E-state index in [1.165, 1.54) is 0 Å². The topological polar surface area (TPSA) is 87.7 Å². The van der Waals surface area contributed by atoms with E-state index in [2.05, 4.69) is 196 Å². The lowest BCUT2D eigenvalue weighted by Gasteiger charge is -2.11. The van der Waals surface area contributed by atoms with Gasteiger partial charge in [-0.15, -0.1) is 0 Å². The number of hydrogen-bond donors (Lipinski definition) is 0. The molecule has 8 aromatic heterocycles. The number of hydrogen-bond acceptors (Lipinski definition) is 6. The normalized spacial score (nSPS) is 11.9. The largest absolute Gasteiger partial charge is 0.454 e. The number of aromatic nitrogens is 6. The summed E-state index contributed by atoms with van der Waals surface area (Å²) in [5, 5.41) is 6.30. The number of benzene rings is 8. The van der Waals surface area contributed by atoms with Gasteiger partial charge in [-0.1, -0.05) is 109 Å². The fourth-order valence-electron chi connectivity index (χ4n) is 11.8. The fourth-order valence-corrected chi connectivity index (χ4v) is 11.8. The van der Waals surface area contributed by atoms with E-state index in [0.717, 1.165) is 155 Å². The van der Waals surface area contributed by atoms with E-state index >= 15 is 0 Å². The lowest BCUT2D eigenvalue weighted by molar-refractivity contribution is 0.666. The number of fused-ring (bicyclic) bond motifs is 12. The van der Waals surface area contributed by atoms with Gasteiger partial charge in [0.1, 0.15) is 11.2 Å². The minimum Gasteiger partial charge on any atom is -0.454 e. The van der Waals surface area contributed by atoms with Crippen LogP contribution in [0.1, 0.15) is 0 Å². The molecule has 0 bridgehead atoms. The molecule has 16 rings (SSSR count). The second-order valence-corrected chi connectivity index (χ2v) is 19.3. The Bertz CT molecular complexity index is 5010. The minimum atomic E-state index is 0.815. The molecule has 16 aromatic rings. The van der Waals surface area contributed by atoms with Crippen LogP contribution in [-0.2, 0) is 0 Å². The van der Waals surface area contributed by atoms with Gasteiger partial charge in [0, 0.05) is 68.2 Å². The van der Waals surface area contributed by atoms with Crippen LogP contribution >= 0.6 is 0 Å². The first-order valence-corrected chi connectivity index (χ1v) is 25.4. The van der Waals surface area contributed by atoms with Gasteiger partial charge in [0.15, 0.2) is 11.2 Å². The molecule has 8 heteroatoms. The summed E-state index contributed by atoms with van der Waals surface area (Å²) in [6, 6.07) is 76.5. The van der Waals surface area contributed by atoms with Crippen molar-refractivity contribution < 1.29 is 8.83 Å². The highest BCUT2D eigenvalue weighted by molar-refractivity contribution is 6.15. The van der Waals surface area contributed by atoms with Crippen molar-refractivity contribution in [3.05, 3.63) is 243 Å². The van der Waals surface area contributed by atoms with Gasteiger partial charge < -0.3 is 18.0 Å². The highest BCUT2D eigenvalue weighted by Crippen LogP contribution is 2.44. The molecule has 0 atom stereocenters. The van der Waals surface area contributed by atoms with Gasteiger partial charge in [0.05, 0.1) is 55.9 Å². The van der Waals surface area contributed by atoms with Crippen LogP contribution in [0.15, 0.2) is 252 Å². The highest BCUT2D eigenvalue weighted by Gasteiger charge is 2.23. The molecule has 0 unspecified atom stereocenters. The fraction of sp³-hybridized carbons (Fsp3) is 0. The molecule has 0 aliphatic rings. The summed E-state index contributed by atoms with van der Waals surface area (Å²) in [4.78, 5) is 19.3. The van der Waals surface area contributed by atoms with Crippen LogP contribution < -0.4 is 0 Å². The predicted molar refractivity (Wildman–Crippen MR) is 308 cm³/mol. The Morgan fingerprint density at radius 1 is 0.276 bits per heavy atom. The molecule has 0 aliphatic heterocycles. The van der Waals surface area contributed by atoms with Crippen molar-refractivity contribution in [2.45, 2.75) is 0 Å². The van der Waals surface area contributed by atoms with Crippen LogP contribution in [0.25, 0.3) is 155 Å². The van der Waals surface area contributed by atoms with Gasteiger partial charge >= 0.3 is 0 Å². The maximum absolute atomic E-state index is 6.87. The second-order valence-electron chi connectivity index (χ2n) is 19.3. The highest BCUT2D eigenvalue weighted by atomic mass is 16.3. The summed E-state index contributed by atoms with van der Waals surface area (Å²) in [6.45, 7) is 0. The smallest absolute Gasteiger partial charge is 0.159 e. The van der Waals surface area contributed by atoms with E-state index in [4.69, 9.17) is 23.8 Å². The molecule has 0 aliphatic carbocycles. The van der Waals surface area contributed by atoms with Crippen molar-refractivity contribution in [2.24, 2.45) is 0 Å². The predicted octanol–water partition coefficient (Wildman–Crippen LogP) is 17.6. The maximum Gasteiger partial charge on any atom is 0.159 e. The van der Waals surface area contributed by atoms with Gasteiger partial charge in [0.2, 0.25) is 0 Å². The average molecular weight is 973 g/mol. The van der Waals surface area contributed by atoms with Gasteiger partial charge in [-0.25, -0.2) is 0 Å². The van der Waals surface area contributed by atoms with E-state index < -0.39 is 0 Å². The molecule has 0 fully saturated rings. The molecular formula is C68H40N6O2. The molecule has 354 valence electrons. The average Bonchev–Trinajstić information content (AvgIpc) is 4.32.